The Morgan fingerprint density at radius 1 is 1.28 bits per heavy atom. The number of nitrogens with one attached hydrogen (secondary N) is 1. The smallest absolute Gasteiger partial charge is 0.271 e. The van der Waals surface area contributed by atoms with E-state index >= 15 is 0 Å². The number of nitrogens with zero attached hydrogens (tertiary/aromatic N) is 2. The van der Waals surface area contributed by atoms with E-state index in [0.29, 0.717) is 11.6 Å². The molecule has 1 N–H and O–H groups in total. The van der Waals surface area contributed by atoms with Gasteiger partial charge in [-0.1, -0.05) is 44.2 Å². The van der Waals surface area contributed by atoms with Gasteiger partial charge in [0.1, 0.15) is 5.69 Å². The predicted octanol–water partition coefficient (Wildman–Crippen LogP) is 3.97. The van der Waals surface area contributed by atoms with Crippen molar-refractivity contribution in [2.45, 2.75) is 52.1 Å². The highest BCUT2D eigenvalue weighted by molar-refractivity contribution is 7.12. The van der Waals surface area contributed by atoms with Crippen molar-refractivity contribution in [1.29, 1.82) is 0 Å². The lowest BCUT2D eigenvalue weighted by molar-refractivity contribution is 0.0903. The zero-order valence-corrected chi connectivity index (χ0v) is 16.1. The molecule has 3 rings (SSSR count). The second-order valence-electron chi connectivity index (χ2n) is 7.11. The third-order valence-corrected chi connectivity index (χ3v) is 5.94. The van der Waals surface area contributed by atoms with Gasteiger partial charge >= 0.3 is 0 Å². The van der Waals surface area contributed by atoms with Crippen molar-refractivity contribution in [3.63, 3.8) is 0 Å². The van der Waals surface area contributed by atoms with Gasteiger partial charge in [0.05, 0.1) is 5.01 Å². The van der Waals surface area contributed by atoms with Gasteiger partial charge in [-0.05, 0) is 31.2 Å². The maximum absolute atomic E-state index is 12.6. The molecule has 0 bridgehead atoms. The highest BCUT2D eigenvalue weighted by Gasteiger charge is 2.24. The molecule has 2 heterocycles. The fourth-order valence-electron chi connectivity index (χ4n) is 3.33. The quantitative estimate of drug-likeness (QED) is 0.881. The van der Waals surface area contributed by atoms with Crippen LogP contribution < -0.4 is 5.32 Å². The van der Waals surface area contributed by atoms with Crippen molar-refractivity contribution in [3.05, 3.63) is 51.5 Å². The van der Waals surface area contributed by atoms with Crippen LogP contribution >= 0.6 is 11.3 Å². The number of benzene rings is 1. The molecule has 1 saturated heterocycles. The van der Waals surface area contributed by atoms with Crippen LogP contribution in [0.2, 0.25) is 0 Å². The minimum Gasteiger partial charge on any atom is -0.348 e. The highest BCUT2D eigenvalue weighted by atomic mass is 32.1. The van der Waals surface area contributed by atoms with Gasteiger partial charge in [-0.3, -0.25) is 9.69 Å². The summed E-state index contributed by atoms with van der Waals surface area (Å²) in [5.74, 6) is 0.328. The Labute approximate surface area is 154 Å². The lowest BCUT2D eigenvalue weighted by Crippen LogP contribution is -2.44. The molecule has 0 atom stereocenters. The molecule has 1 aromatic heterocycles. The maximum Gasteiger partial charge on any atom is 0.271 e. The first-order valence-electron chi connectivity index (χ1n) is 9.07. The number of rotatable bonds is 5. The van der Waals surface area contributed by atoms with E-state index in [2.05, 4.69) is 59.4 Å². The summed E-state index contributed by atoms with van der Waals surface area (Å²) in [5.41, 5.74) is 1.98. The van der Waals surface area contributed by atoms with E-state index in [1.807, 2.05) is 6.92 Å². The third kappa shape index (κ3) is 4.67. The second kappa shape index (κ2) is 8.11. The van der Waals surface area contributed by atoms with E-state index in [1.165, 1.54) is 5.56 Å². The minimum absolute atomic E-state index is 0.00504. The summed E-state index contributed by atoms with van der Waals surface area (Å²) < 4.78 is 0. The van der Waals surface area contributed by atoms with E-state index in [-0.39, 0.29) is 11.9 Å². The lowest BCUT2D eigenvalue weighted by Gasteiger charge is -2.32. The first-order valence-corrected chi connectivity index (χ1v) is 9.89. The lowest BCUT2D eigenvalue weighted by atomic mass is 10.0. The monoisotopic (exact) mass is 357 g/mol. The number of likely N-dealkylation sites (tertiary alicyclic amines) is 1. The Balaban J connectivity index is 1.53. The SMILES string of the molecule is Cc1nc(C(=O)NC2CCN(Cc3ccccc3)CC2)c(C(C)C)s1. The van der Waals surface area contributed by atoms with E-state index in [0.717, 1.165) is 42.4 Å². The standard InChI is InChI=1S/C20H27N3OS/c1-14(2)19-18(21-15(3)25-19)20(24)22-17-9-11-23(12-10-17)13-16-7-5-4-6-8-16/h4-8,14,17H,9-13H2,1-3H3,(H,22,24). The fraction of sp³-hybridized carbons (Fsp3) is 0.500. The van der Waals surface area contributed by atoms with Crippen molar-refractivity contribution in [2.75, 3.05) is 13.1 Å². The predicted molar refractivity (Wildman–Crippen MR) is 103 cm³/mol. The summed E-state index contributed by atoms with van der Waals surface area (Å²) in [4.78, 5) is 20.7. The van der Waals surface area contributed by atoms with E-state index < -0.39 is 0 Å². The molecule has 1 amide bonds. The van der Waals surface area contributed by atoms with Gasteiger partial charge in [-0.2, -0.15) is 0 Å². The summed E-state index contributed by atoms with van der Waals surface area (Å²) >= 11 is 1.63. The number of piperidine rings is 1. The molecule has 1 fully saturated rings. The summed E-state index contributed by atoms with van der Waals surface area (Å²) in [6.07, 6.45) is 2.00. The molecule has 0 radical (unpaired) electrons. The van der Waals surface area contributed by atoms with Crippen LogP contribution in [0, 0.1) is 6.92 Å². The largest absolute Gasteiger partial charge is 0.348 e. The molecular formula is C20H27N3OS. The number of carbonyl (C=O) groups excluding carboxylic acids is 1. The number of carbonyl (C=O) groups is 1. The van der Waals surface area contributed by atoms with Crippen LogP contribution in [-0.2, 0) is 6.54 Å². The first-order chi connectivity index (χ1) is 12.0. The Morgan fingerprint density at radius 3 is 2.60 bits per heavy atom. The van der Waals surface area contributed by atoms with Crippen LogP contribution in [0.1, 0.15) is 58.5 Å². The Morgan fingerprint density at radius 2 is 1.96 bits per heavy atom. The molecule has 4 nitrogen and oxygen atoms in total. The molecule has 1 aliphatic heterocycles. The average Bonchev–Trinajstić information content (AvgIpc) is 3.00. The fourth-order valence-corrected chi connectivity index (χ4v) is 4.25. The van der Waals surface area contributed by atoms with Gasteiger partial charge < -0.3 is 5.32 Å². The second-order valence-corrected chi connectivity index (χ2v) is 8.34. The Hall–Kier alpha value is -1.72. The van der Waals surface area contributed by atoms with Crippen molar-refractivity contribution in [3.8, 4) is 0 Å². The van der Waals surface area contributed by atoms with Crippen LogP contribution in [-0.4, -0.2) is 34.9 Å². The number of thiazole rings is 1. The van der Waals surface area contributed by atoms with Crippen LogP contribution in [0.15, 0.2) is 30.3 Å². The van der Waals surface area contributed by atoms with Crippen molar-refractivity contribution >= 4 is 17.2 Å². The minimum atomic E-state index is -0.00504. The average molecular weight is 358 g/mol. The first kappa shape index (κ1) is 18.1. The topological polar surface area (TPSA) is 45.2 Å². The van der Waals surface area contributed by atoms with Gasteiger partial charge in [0, 0.05) is 30.6 Å². The summed E-state index contributed by atoms with van der Waals surface area (Å²) in [7, 11) is 0. The normalized spacial score (nSPS) is 16.3. The molecule has 0 saturated carbocycles. The van der Waals surface area contributed by atoms with Gasteiger partial charge in [0.25, 0.3) is 5.91 Å². The summed E-state index contributed by atoms with van der Waals surface area (Å²) in [6.45, 7) is 9.23. The van der Waals surface area contributed by atoms with Gasteiger partial charge in [-0.25, -0.2) is 4.98 Å². The van der Waals surface area contributed by atoms with Crippen LogP contribution in [0.4, 0.5) is 0 Å². The van der Waals surface area contributed by atoms with Crippen LogP contribution in [0.25, 0.3) is 0 Å². The Kier molecular flexibility index (Phi) is 5.86. The molecule has 1 aliphatic rings. The highest BCUT2D eigenvalue weighted by Crippen LogP contribution is 2.26. The van der Waals surface area contributed by atoms with Gasteiger partial charge in [-0.15, -0.1) is 11.3 Å². The molecule has 5 heteroatoms. The van der Waals surface area contributed by atoms with Crippen LogP contribution in [0.5, 0.6) is 0 Å². The Bertz CT molecular complexity index is 703. The molecular weight excluding hydrogens is 330 g/mol. The van der Waals surface area contributed by atoms with E-state index in [9.17, 15) is 4.79 Å². The number of aromatic nitrogens is 1. The van der Waals surface area contributed by atoms with Gasteiger partial charge in [0.2, 0.25) is 0 Å². The van der Waals surface area contributed by atoms with Crippen LogP contribution in [0.3, 0.4) is 0 Å². The zero-order valence-electron chi connectivity index (χ0n) is 15.3. The van der Waals surface area contributed by atoms with E-state index in [1.54, 1.807) is 11.3 Å². The van der Waals surface area contributed by atoms with Crippen molar-refractivity contribution in [1.82, 2.24) is 15.2 Å². The zero-order chi connectivity index (χ0) is 17.8. The molecule has 0 unspecified atom stereocenters. The molecule has 25 heavy (non-hydrogen) atoms. The summed E-state index contributed by atoms with van der Waals surface area (Å²) in [6, 6.07) is 10.8. The molecule has 134 valence electrons. The number of hydrogen-bond donors (Lipinski definition) is 1. The maximum atomic E-state index is 12.6. The molecule has 0 aliphatic carbocycles. The summed E-state index contributed by atoms with van der Waals surface area (Å²) in [5, 5.41) is 4.17. The van der Waals surface area contributed by atoms with Crippen molar-refractivity contribution < 1.29 is 4.79 Å². The number of aryl methyl sites for hydroxylation is 1. The van der Waals surface area contributed by atoms with E-state index in [4.69, 9.17) is 0 Å². The number of hydrogen-bond acceptors (Lipinski definition) is 4. The molecule has 1 aromatic carbocycles. The third-order valence-electron chi connectivity index (χ3n) is 4.67. The number of amides is 1. The van der Waals surface area contributed by atoms with Gasteiger partial charge in [0.15, 0.2) is 0 Å². The molecule has 2 aromatic rings. The molecule has 0 spiro atoms. The van der Waals surface area contributed by atoms with Crippen molar-refractivity contribution in [2.24, 2.45) is 0 Å².